The van der Waals surface area contributed by atoms with Crippen molar-refractivity contribution in [1.82, 2.24) is 9.71 Å². The predicted octanol–water partition coefficient (Wildman–Crippen LogP) is 2.80. The normalized spacial score (nSPS) is 23.7. The summed E-state index contributed by atoms with van der Waals surface area (Å²) in [5, 5.41) is 0.389. The minimum absolute atomic E-state index is 0.0360. The Bertz CT molecular complexity index is 536. The van der Waals surface area contributed by atoms with E-state index in [1.807, 2.05) is 11.8 Å². The van der Waals surface area contributed by atoms with E-state index in [0.717, 1.165) is 25.0 Å². The van der Waals surface area contributed by atoms with E-state index in [1.165, 1.54) is 6.20 Å². The molecular weight excluding hydrogens is 348 g/mol. The van der Waals surface area contributed by atoms with Crippen molar-refractivity contribution in [3.63, 3.8) is 0 Å². The number of nitrogens with zero attached hydrogens (tertiary/aromatic N) is 1. The molecule has 1 aromatic rings. The van der Waals surface area contributed by atoms with Gasteiger partial charge in [-0.3, -0.25) is 4.98 Å². The zero-order valence-electron chi connectivity index (χ0n) is 10.7. The Hall–Kier alpha value is -0.110. The summed E-state index contributed by atoms with van der Waals surface area (Å²) < 4.78 is 28.1. The number of pyridine rings is 1. The molecule has 0 radical (unpaired) electrons. The third-order valence-electron chi connectivity index (χ3n) is 3.13. The summed E-state index contributed by atoms with van der Waals surface area (Å²) in [4.78, 5) is 4.13. The van der Waals surface area contributed by atoms with Gasteiger partial charge in [-0.05, 0) is 40.6 Å². The highest BCUT2D eigenvalue weighted by atomic mass is 79.9. The third-order valence-corrected chi connectivity index (χ3v) is 6.35. The van der Waals surface area contributed by atoms with E-state index in [0.29, 0.717) is 9.72 Å². The van der Waals surface area contributed by atoms with Gasteiger partial charge in [0.1, 0.15) is 4.90 Å². The molecule has 0 aliphatic heterocycles. The van der Waals surface area contributed by atoms with Crippen molar-refractivity contribution in [2.45, 2.75) is 42.4 Å². The van der Waals surface area contributed by atoms with Gasteiger partial charge in [-0.25, -0.2) is 13.1 Å². The maximum atomic E-state index is 12.3. The van der Waals surface area contributed by atoms with Crippen LogP contribution < -0.4 is 4.72 Å². The Balaban J connectivity index is 2.13. The van der Waals surface area contributed by atoms with E-state index < -0.39 is 10.0 Å². The van der Waals surface area contributed by atoms with Crippen molar-refractivity contribution in [2.75, 3.05) is 5.75 Å². The van der Waals surface area contributed by atoms with Crippen molar-refractivity contribution < 1.29 is 8.42 Å². The van der Waals surface area contributed by atoms with Crippen LogP contribution in [0.4, 0.5) is 0 Å². The second kappa shape index (κ2) is 6.56. The van der Waals surface area contributed by atoms with Crippen LogP contribution in [0.5, 0.6) is 0 Å². The number of hydrogen-bond acceptors (Lipinski definition) is 4. The Morgan fingerprint density at radius 2 is 2.26 bits per heavy atom. The van der Waals surface area contributed by atoms with Gasteiger partial charge in [0.2, 0.25) is 10.0 Å². The molecular formula is C12H17BrN2O2S2. The number of thioether (sulfide) groups is 1. The van der Waals surface area contributed by atoms with Crippen molar-refractivity contribution in [2.24, 2.45) is 0 Å². The zero-order valence-corrected chi connectivity index (χ0v) is 13.9. The van der Waals surface area contributed by atoms with E-state index in [-0.39, 0.29) is 10.9 Å². The minimum atomic E-state index is -3.47. The first kappa shape index (κ1) is 15.3. The molecule has 1 aromatic heterocycles. The number of rotatable bonds is 5. The van der Waals surface area contributed by atoms with Crippen LogP contribution in [0.15, 0.2) is 27.8 Å². The number of halogens is 1. The molecule has 1 N–H and O–H groups in total. The van der Waals surface area contributed by atoms with Crippen LogP contribution in [-0.2, 0) is 10.0 Å². The monoisotopic (exact) mass is 364 g/mol. The van der Waals surface area contributed by atoms with E-state index in [9.17, 15) is 8.42 Å². The lowest BCUT2D eigenvalue weighted by molar-refractivity contribution is 0.554. The molecule has 1 fully saturated rings. The van der Waals surface area contributed by atoms with Crippen LogP contribution in [0.25, 0.3) is 0 Å². The van der Waals surface area contributed by atoms with Gasteiger partial charge in [-0.15, -0.1) is 0 Å². The first-order valence-corrected chi connectivity index (χ1v) is 9.60. The molecule has 4 nitrogen and oxygen atoms in total. The minimum Gasteiger partial charge on any atom is -0.262 e. The second-order valence-corrected chi connectivity index (χ2v) is 8.64. The van der Waals surface area contributed by atoms with Gasteiger partial charge in [-0.2, -0.15) is 11.8 Å². The average Bonchev–Trinajstić information content (AvgIpc) is 2.76. The molecule has 1 saturated carbocycles. The van der Waals surface area contributed by atoms with Crippen LogP contribution >= 0.6 is 27.7 Å². The van der Waals surface area contributed by atoms with E-state index in [2.05, 4.69) is 32.6 Å². The number of aromatic nitrogens is 1. The quantitative estimate of drug-likeness (QED) is 0.872. The first-order chi connectivity index (χ1) is 9.03. The Morgan fingerprint density at radius 1 is 1.47 bits per heavy atom. The maximum absolute atomic E-state index is 12.3. The standard InChI is InChI=1S/C12H17BrN2O2S2/c1-2-18-12-5-3-4-11(12)15-19(16,17)10-6-9(13)7-14-8-10/h6-8,11-12,15H,2-5H2,1H3. The van der Waals surface area contributed by atoms with Gasteiger partial charge in [0.25, 0.3) is 0 Å². The van der Waals surface area contributed by atoms with E-state index in [1.54, 1.807) is 12.3 Å². The van der Waals surface area contributed by atoms with Crippen LogP contribution in [0, 0.1) is 0 Å². The van der Waals surface area contributed by atoms with Crippen LogP contribution in [0.1, 0.15) is 26.2 Å². The fourth-order valence-corrected chi connectivity index (χ4v) is 5.38. The smallest absolute Gasteiger partial charge is 0.242 e. The summed E-state index contributed by atoms with van der Waals surface area (Å²) in [6, 6.07) is 1.61. The molecule has 19 heavy (non-hydrogen) atoms. The van der Waals surface area contributed by atoms with Gasteiger partial charge in [-0.1, -0.05) is 13.3 Å². The van der Waals surface area contributed by atoms with Crippen LogP contribution in [0.3, 0.4) is 0 Å². The molecule has 7 heteroatoms. The van der Waals surface area contributed by atoms with E-state index in [4.69, 9.17) is 0 Å². The van der Waals surface area contributed by atoms with Gasteiger partial charge < -0.3 is 0 Å². The molecule has 2 unspecified atom stereocenters. The summed E-state index contributed by atoms with van der Waals surface area (Å²) >= 11 is 5.08. The highest BCUT2D eigenvalue weighted by Crippen LogP contribution is 2.31. The summed E-state index contributed by atoms with van der Waals surface area (Å²) in [6.45, 7) is 2.10. The summed E-state index contributed by atoms with van der Waals surface area (Å²) in [5.74, 6) is 1.02. The maximum Gasteiger partial charge on any atom is 0.242 e. The van der Waals surface area contributed by atoms with Gasteiger partial charge in [0.15, 0.2) is 0 Å². The van der Waals surface area contributed by atoms with Crippen molar-refractivity contribution in [1.29, 1.82) is 0 Å². The number of sulfonamides is 1. The zero-order chi connectivity index (χ0) is 13.9. The largest absolute Gasteiger partial charge is 0.262 e. The molecule has 1 heterocycles. The number of hydrogen-bond donors (Lipinski definition) is 1. The fraction of sp³-hybridized carbons (Fsp3) is 0.583. The van der Waals surface area contributed by atoms with Gasteiger partial charge in [0, 0.05) is 28.2 Å². The topological polar surface area (TPSA) is 59.1 Å². The highest BCUT2D eigenvalue weighted by molar-refractivity contribution is 9.10. The summed E-state index contributed by atoms with van der Waals surface area (Å²) in [6.07, 6.45) is 6.04. The summed E-state index contributed by atoms with van der Waals surface area (Å²) in [7, 11) is -3.47. The molecule has 1 aliphatic carbocycles. The number of nitrogens with one attached hydrogen (secondary N) is 1. The average molecular weight is 365 g/mol. The SMILES string of the molecule is CCSC1CCCC1NS(=O)(=O)c1cncc(Br)c1. The van der Waals surface area contributed by atoms with Crippen molar-refractivity contribution >= 4 is 37.7 Å². The molecule has 0 bridgehead atoms. The van der Waals surface area contributed by atoms with Crippen LogP contribution in [0.2, 0.25) is 0 Å². The molecule has 2 atom stereocenters. The molecule has 2 rings (SSSR count). The molecule has 0 saturated heterocycles. The molecule has 0 aromatic carbocycles. The lowest BCUT2D eigenvalue weighted by Crippen LogP contribution is -2.38. The predicted molar refractivity (Wildman–Crippen MR) is 81.8 cm³/mol. The molecule has 0 spiro atoms. The van der Waals surface area contributed by atoms with Crippen LogP contribution in [-0.4, -0.2) is 30.4 Å². The fourth-order valence-electron chi connectivity index (χ4n) is 2.28. The lowest BCUT2D eigenvalue weighted by Gasteiger charge is -2.20. The van der Waals surface area contributed by atoms with Gasteiger partial charge >= 0.3 is 0 Å². The highest BCUT2D eigenvalue weighted by Gasteiger charge is 2.31. The first-order valence-electron chi connectivity index (χ1n) is 6.27. The van der Waals surface area contributed by atoms with E-state index >= 15 is 0 Å². The Kier molecular flexibility index (Phi) is 5.28. The van der Waals surface area contributed by atoms with Gasteiger partial charge in [0.05, 0.1) is 0 Å². The third kappa shape index (κ3) is 3.93. The Morgan fingerprint density at radius 3 is 2.95 bits per heavy atom. The lowest BCUT2D eigenvalue weighted by atomic mass is 10.3. The summed E-state index contributed by atoms with van der Waals surface area (Å²) in [5.41, 5.74) is 0. The second-order valence-electron chi connectivity index (χ2n) is 4.49. The molecule has 106 valence electrons. The Labute approximate surface area is 127 Å². The molecule has 1 aliphatic rings. The van der Waals surface area contributed by atoms with Crippen molar-refractivity contribution in [3.8, 4) is 0 Å². The van der Waals surface area contributed by atoms with Crippen molar-refractivity contribution in [3.05, 3.63) is 22.9 Å². The molecule has 0 amide bonds.